The third-order valence-corrected chi connectivity index (χ3v) is 7.76. The molecule has 0 bridgehead atoms. The number of piperidine rings is 1. The minimum Gasteiger partial charge on any atom is -0.381 e. The summed E-state index contributed by atoms with van der Waals surface area (Å²) in [7, 11) is -3.70. The molecule has 1 aromatic rings. The van der Waals surface area contributed by atoms with E-state index in [0.717, 1.165) is 6.42 Å². The highest BCUT2D eigenvalue weighted by Crippen LogP contribution is 2.45. The van der Waals surface area contributed by atoms with E-state index in [1.165, 1.54) is 4.31 Å². The molecule has 2 aliphatic heterocycles. The number of amides is 1. The standard InChI is InChI=1S/C17H27N3O5S/c1-5-24-11-17-6-7-19(14(4)21)8-15(17)9-20(10-17)26(22,23)16-12(2)18-25-13(16)3/h15H,5-11H2,1-4H3. The molecule has 1 amide bonds. The van der Waals surface area contributed by atoms with E-state index in [4.69, 9.17) is 9.26 Å². The maximum Gasteiger partial charge on any atom is 0.248 e. The summed E-state index contributed by atoms with van der Waals surface area (Å²) in [6.45, 7) is 9.82. The number of likely N-dealkylation sites (tertiary alicyclic amines) is 1. The summed E-state index contributed by atoms with van der Waals surface area (Å²) in [5.74, 6) is 0.394. The Morgan fingerprint density at radius 1 is 1.38 bits per heavy atom. The van der Waals surface area contributed by atoms with Crippen molar-refractivity contribution in [3.63, 3.8) is 0 Å². The molecule has 0 N–H and O–H groups in total. The Labute approximate surface area is 154 Å². The number of aromatic nitrogens is 1. The molecule has 2 unspecified atom stereocenters. The molecule has 26 heavy (non-hydrogen) atoms. The summed E-state index contributed by atoms with van der Waals surface area (Å²) in [4.78, 5) is 13.8. The van der Waals surface area contributed by atoms with Gasteiger partial charge in [-0.2, -0.15) is 4.31 Å². The zero-order chi connectivity index (χ0) is 19.1. The summed E-state index contributed by atoms with van der Waals surface area (Å²) >= 11 is 0. The largest absolute Gasteiger partial charge is 0.381 e. The van der Waals surface area contributed by atoms with Crippen LogP contribution in [0.4, 0.5) is 0 Å². The van der Waals surface area contributed by atoms with Crippen LogP contribution < -0.4 is 0 Å². The Bertz CT molecular complexity index is 771. The molecule has 0 aromatic carbocycles. The van der Waals surface area contributed by atoms with Gasteiger partial charge in [0.1, 0.15) is 10.6 Å². The number of ether oxygens (including phenoxy) is 1. The highest BCUT2D eigenvalue weighted by atomic mass is 32.2. The first-order valence-electron chi connectivity index (χ1n) is 8.97. The molecule has 0 spiro atoms. The quantitative estimate of drug-likeness (QED) is 0.756. The van der Waals surface area contributed by atoms with E-state index in [9.17, 15) is 13.2 Å². The number of carbonyl (C=O) groups excluding carboxylic acids is 1. The van der Waals surface area contributed by atoms with Crippen molar-refractivity contribution in [2.45, 2.75) is 39.0 Å². The zero-order valence-corrected chi connectivity index (χ0v) is 16.6. The van der Waals surface area contributed by atoms with Crippen molar-refractivity contribution in [3.8, 4) is 0 Å². The average molecular weight is 385 g/mol. The van der Waals surface area contributed by atoms with Gasteiger partial charge in [-0.15, -0.1) is 0 Å². The predicted octanol–water partition coefficient (Wildman–Crippen LogP) is 1.19. The molecular weight excluding hydrogens is 358 g/mol. The third kappa shape index (κ3) is 3.16. The van der Waals surface area contributed by atoms with Gasteiger partial charge in [0, 0.05) is 45.1 Å². The molecule has 3 heterocycles. The van der Waals surface area contributed by atoms with Gasteiger partial charge in [0.2, 0.25) is 15.9 Å². The fourth-order valence-corrected chi connectivity index (χ4v) is 6.09. The topological polar surface area (TPSA) is 93.0 Å². The molecule has 3 rings (SSSR count). The predicted molar refractivity (Wildman–Crippen MR) is 94.0 cm³/mol. The normalized spacial score (nSPS) is 26.9. The summed E-state index contributed by atoms with van der Waals surface area (Å²) in [6, 6.07) is 0. The molecule has 8 nitrogen and oxygen atoms in total. The first kappa shape index (κ1) is 19.3. The van der Waals surface area contributed by atoms with Gasteiger partial charge < -0.3 is 14.2 Å². The van der Waals surface area contributed by atoms with E-state index >= 15 is 0 Å². The van der Waals surface area contributed by atoms with Crippen LogP contribution in [0, 0.1) is 25.2 Å². The van der Waals surface area contributed by atoms with Gasteiger partial charge in [0.25, 0.3) is 0 Å². The number of rotatable bonds is 5. The van der Waals surface area contributed by atoms with Crippen molar-refractivity contribution in [3.05, 3.63) is 11.5 Å². The maximum atomic E-state index is 13.2. The molecule has 2 saturated heterocycles. The van der Waals surface area contributed by atoms with Crippen LogP contribution in [0.25, 0.3) is 0 Å². The number of nitrogens with zero attached hydrogens (tertiary/aromatic N) is 3. The lowest BCUT2D eigenvalue weighted by Crippen LogP contribution is -2.50. The first-order chi connectivity index (χ1) is 12.2. The Kier molecular flexibility index (Phi) is 5.15. The smallest absolute Gasteiger partial charge is 0.248 e. The van der Waals surface area contributed by atoms with Crippen LogP contribution in [0.5, 0.6) is 0 Å². The number of hydrogen-bond acceptors (Lipinski definition) is 6. The SMILES string of the molecule is CCOCC12CCN(C(C)=O)CC1CN(S(=O)(=O)c1c(C)noc1C)C2. The number of aryl methyl sites for hydroxylation is 2. The van der Waals surface area contributed by atoms with Crippen molar-refractivity contribution >= 4 is 15.9 Å². The minimum atomic E-state index is -3.70. The molecule has 0 radical (unpaired) electrons. The molecule has 0 aliphatic carbocycles. The van der Waals surface area contributed by atoms with E-state index in [2.05, 4.69) is 5.16 Å². The minimum absolute atomic E-state index is 0.0297. The average Bonchev–Trinajstić information content (AvgIpc) is 3.13. The van der Waals surface area contributed by atoms with Crippen molar-refractivity contribution in [1.82, 2.24) is 14.4 Å². The molecular formula is C17H27N3O5S. The lowest BCUT2D eigenvalue weighted by Gasteiger charge is -2.43. The molecule has 9 heteroatoms. The van der Waals surface area contributed by atoms with Crippen LogP contribution in [0.2, 0.25) is 0 Å². The van der Waals surface area contributed by atoms with Crippen molar-refractivity contribution < 1.29 is 22.5 Å². The number of hydrogen-bond donors (Lipinski definition) is 0. The Balaban J connectivity index is 1.91. The van der Waals surface area contributed by atoms with Crippen molar-refractivity contribution in [2.75, 3.05) is 39.4 Å². The number of fused-ring (bicyclic) bond motifs is 1. The Morgan fingerprint density at radius 2 is 2.12 bits per heavy atom. The second-order valence-corrected chi connectivity index (χ2v) is 9.24. The van der Waals surface area contributed by atoms with Crippen LogP contribution >= 0.6 is 0 Å². The van der Waals surface area contributed by atoms with Crippen LogP contribution in [0.3, 0.4) is 0 Å². The molecule has 146 valence electrons. The second-order valence-electron chi connectivity index (χ2n) is 7.36. The van der Waals surface area contributed by atoms with Gasteiger partial charge in [0.05, 0.1) is 6.61 Å². The van der Waals surface area contributed by atoms with Gasteiger partial charge in [-0.1, -0.05) is 5.16 Å². The van der Waals surface area contributed by atoms with Gasteiger partial charge in [-0.25, -0.2) is 8.42 Å². The highest BCUT2D eigenvalue weighted by Gasteiger charge is 2.53. The van der Waals surface area contributed by atoms with Crippen LogP contribution in [-0.4, -0.2) is 68.1 Å². The Morgan fingerprint density at radius 3 is 2.69 bits per heavy atom. The zero-order valence-electron chi connectivity index (χ0n) is 15.8. The summed E-state index contributed by atoms with van der Waals surface area (Å²) in [6.07, 6.45) is 0.741. The second kappa shape index (κ2) is 6.94. The number of carbonyl (C=O) groups is 1. The lowest BCUT2D eigenvalue weighted by atomic mass is 9.73. The fraction of sp³-hybridized carbons (Fsp3) is 0.765. The van der Waals surface area contributed by atoms with Crippen LogP contribution in [-0.2, 0) is 19.6 Å². The molecule has 2 atom stereocenters. The van der Waals surface area contributed by atoms with Crippen molar-refractivity contribution in [2.24, 2.45) is 11.3 Å². The highest BCUT2D eigenvalue weighted by molar-refractivity contribution is 7.89. The monoisotopic (exact) mass is 385 g/mol. The molecule has 2 aliphatic rings. The van der Waals surface area contributed by atoms with Gasteiger partial charge in [0.15, 0.2) is 5.76 Å². The van der Waals surface area contributed by atoms with E-state index in [0.29, 0.717) is 50.8 Å². The maximum absolute atomic E-state index is 13.2. The van der Waals surface area contributed by atoms with Crippen LogP contribution in [0.1, 0.15) is 31.7 Å². The molecule has 0 saturated carbocycles. The van der Waals surface area contributed by atoms with Crippen LogP contribution in [0.15, 0.2) is 9.42 Å². The summed E-state index contributed by atoms with van der Waals surface area (Å²) in [5.41, 5.74) is 0.121. The van der Waals surface area contributed by atoms with Gasteiger partial charge in [-0.05, 0) is 33.1 Å². The summed E-state index contributed by atoms with van der Waals surface area (Å²) < 4.78 is 38.7. The van der Waals surface area contributed by atoms with E-state index in [1.54, 1.807) is 25.7 Å². The van der Waals surface area contributed by atoms with Gasteiger partial charge >= 0.3 is 0 Å². The Hall–Kier alpha value is -1.45. The number of sulfonamides is 1. The van der Waals surface area contributed by atoms with E-state index in [1.807, 2.05) is 6.92 Å². The first-order valence-corrected chi connectivity index (χ1v) is 10.4. The van der Waals surface area contributed by atoms with E-state index in [-0.39, 0.29) is 22.1 Å². The van der Waals surface area contributed by atoms with Gasteiger partial charge in [-0.3, -0.25) is 4.79 Å². The lowest BCUT2D eigenvalue weighted by molar-refractivity contribution is -0.133. The fourth-order valence-electron chi connectivity index (χ4n) is 4.22. The van der Waals surface area contributed by atoms with E-state index < -0.39 is 10.0 Å². The molecule has 2 fully saturated rings. The third-order valence-electron chi connectivity index (χ3n) is 5.71. The summed E-state index contributed by atoms with van der Waals surface area (Å²) in [5, 5.41) is 3.79. The molecule has 1 aromatic heterocycles. The van der Waals surface area contributed by atoms with Crippen molar-refractivity contribution in [1.29, 1.82) is 0 Å².